The van der Waals surface area contributed by atoms with Crippen molar-refractivity contribution in [2.75, 3.05) is 52.3 Å². The van der Waals surface area contributed by atoms with Gasteiger partial charge < -0.3 is 92.2 Å². The molecule has 4 aromatic heterocycles. The number of ketones is 6. The Labute approximate surface area is 817 Å². The first-order chi connectivity index (χ1) is 63.3. The molecule has 32 heteroatoms. The Kier molecular flexibility index (Phi) is 52.0. The zero-order valence-corrected chi connectivity index (χ0v) is 88.4. The molecule has 2 amide bonds. The van der Waals surface area contributed by atoms with Crippen molar-refractivity contribution >= 4 is 97.1 Å². The monoisotopic (exact) mass is 1930 g/mol. The molecule has 6 atom stereocenters. The second kappa shape index (κ2) is 58.0. The number of urea groups is 1. The van der Waals surface area contributed by atoms with E-state index >= 15 is 0 Å². The number of imidazole rings is 1. The molecule has 2 aliphatic heterocycles. The molecule has 0 saturated carbocycles. The van der Waals surface area contributed by atoms with E-state index in [4.69, 9.17) is 26.4 Å². The molecular weight excluding hydrogens is 1760 g/mol. The number of aliphatic hydroxyl groups excluding tert-OH is 1. The number of nitrogens with one attached hydrogen (secondary N) is 6. The Hall–Kier alpha value is -10.2. The fourth-order valence-corrected chi connectivity index (χ4v) is 15.8. The van der Waals surface area contributed by atoms with E-state index in [2.05, 4.69) is 90.9 Å². The van der Waals surface area contributed by atoms with E-state index in [9.17, 15) is 73.5 Å². The molecule has 137 heavy (non-hydrogen) atoms. The summed E-state index contributed by atoms with van der Waals surface area (Å²) < 4.78 is 10.5. The number of aromatic amines is 2. The van der Waals surface area contributed by atoms with Crippen LogP contribution in [-0.4, -0.2) is 214 Å². The number of Topliss-reactive ketones (excluding diaryl/α,β-unsaturated/α-hetero) is 6. The average Bonchev–Trinajstić information content (AvgIpc) is 1.66. The quantitative estimate of drug-likeness (QED) is 0.00438. The number of phenolic OH excluding ortho intramolecular Hbond substituents is 5. The molecular formula is C105H170N13O18S+. The van der Waals surface area contributed by atoms with Crippen molar-refractivity contribution in [2.24, 2.45) is 54.8 Å². The van der Waals surface area contributed by atoms with Gasteiger partial charge in [-0.2, -0.15) is 11.8 Å². The number of aromatic nitrogens is 6. The van der Waals surface area contributed by atoms with Gasteiger partial charge in [0.1, 0.15) is 53.0 Å². The fraction of sp³-hybridized carbons (Fsp3) is 0.610. The van der Waals surface area contributed by atoms with Crippen molar-refractivity contribution in [1.82, 2.24) is 49.9 Å². The summed E-state index contributed by atoms with van der Waals surface area (Å²) in [6.07, 6.45) is 16.6. The van der Waals surface area contributed by atoms with Crippen LogP contribution in [0.4, 0.5) is 10.5 Å². The molecule has 17 N–H and O–H groups in total. The fourth-order valence-electron chi connectivity index (χ4n) is 14.2. The number of aromatic hydroxyl groups is 5. The lowest BCUT2D eigenvalue weighted by Gasteiger charge is -2.26. The number of carboxylic acids is 1. The summed E-state index contributed by atoms with van der Waals surface area (Å²) in [5.41, 5.74) is 17.8. The van der Waals surface area contributed by atoms with E-state index in [0.717, 1.165) is 77.3 Å². The molecule has 0 radical (unpaired) electrons. The maximum Gasteiger partial charge on any atom is 0.332 e. The number of aryl methyl sites for hydroxylation is 3. The minimum Gasteiger partial charge on any atom is -0.508 e. The summed E-state index contributed by atoms with van der Waals surface area (Å²) in [5.74, 6) is 1.00. The molecule has 2 unspecified atom stereocenters. The van der Waals surface area contributed by atoms with Gasteiger partial charge in [0.2, 0.25) is 0 Å². The smallest absolute Gasteiger partial charge is 0.332 e. The predicted molar refractivity (Wildman–Crippen MR) is 553 cm³/mol. The number of benzene rings is 4. The summed E-state index contributed by atoms with van der Waals surface area (Å²) in [6.45, 7) is 50.0. The number of hydrogen-bond donors (Lipinski definition) is 15. The van der Waals surface area contributed by atoms with Crippen LogP contribution in [0.2, 0.25) is 0 Å². The van der Waals surface area contributed by atoms with E-state index in [1.807, 2.05) is 154 Å². The largest absolute Gasteiger partial charge is 0.508 e. The molecule has 8 aromatic rings. The number of quaternary nitrogens is 1. The number of carbonyl (C=O) groups excluding carboxylic acids is 7. The van der Waals surface area contributed by atoms with E-state index < -0.39 is 24.2 Å². The summed E-state index contributed by atoms with van der Waals surface area (Å²) in [7, 11) is 9.35. The third kappa shape index (κ3) is 47.8. The number of H-pyrrole nitrogens is 2. The lowest BCUT2D eigenvalue weighted by molar-refractivity contribution is -0.873. The third-order valence-electron chi connectivity index (χ3n) is 21.9. The zero-order valence-electron chi connectivity index (χ0n) is 87.6. The number of amides is 2. The molecule has 10 rings (SSSR count). The minimum absolute atomic E-state index is 0.0229. The highest BCUT2D eigenvalue weighted by Gasteiger charge is 2.42. The summed E-state index contributed by atoms with van der Waals surface area (Å²) in [6, 6.07) is 19.5. The zero-order chi connectivity index (χ0) is 105. The van der Waals surface area contributed by atoms with Crippen molar-refractivity contribution in [2.45, 2.75) is 321 Å². The van der Waals surface area contributed by atoms with Crippen molar-refractivity contribution in [3.05, 3.63) is 135 Å². The number of phenols is 5. The van der Waals surface area contributed by atoms with Gasteiger partial charge in [-0.25, -0.2) is 14.6 Å². The number of unbranched alkanes of at least 4 members (excludes halogenated alkanes) is 2. The molecule has 2 aliphatic rings. The molecule has 0 aliphatic carbocycles. The number of fused-ring (bicyclic) bond motifs is 4. The number of aliphatic carboxylic acids is 1. The molecule has 2 saturated heterocycles. The number of ether oxygens (including phenoxy) is 1. The second-order valence-corrected chi connectivity index (χ2v) is 43.6. The van der Waals surface area contributed by atoms with Crippen LogP contribution in [0.15, 0.2) is 101 Å². The Morgan fingerprint density at radius 3 is 1.67 bits per heavy atom. The average molecular weight is 1930 g/mol. The number of nitrogen functional groups attached to an aromatic ring is 1. The van der Waals surface area contributed by atoms with Gasteiger partial charge in [-0.15, -0.1) is 0 Å². The lowest BCUT2D eigenvalue weighted by Crippen LogP contribution is -2.47. The van der Waals surface area contributed by atoms with Crippen LogP contribution in [0.5, 0.6) is 28.7 Å². The molecule has 31 nitrogen and oxygen atoms in total. The van der Waals surface area contributed by atoms with E-state index in [1.165, 1.54) is 59.3 Å². The molecule has 0 bridgehead atoms. The Bertz CT molecular complexity index is 5240. The molecule has 2 fully saturated rings. The van der Waals surface area contributed by atoms with Crippen LogP contribution < -0.4 is 44.0 Å². The van der Waals surface area contributed by atoms with Crippen LogP contribution in [0.3, 0.4) is 0 Å². The van der Waals surface area contributed by atoms with Crippen LogP contribution in [0, 0.1) is 35.0 Å². The SMILES string of the molecule is CC(=O)[C@H](CC(=O)O)NC(C)(C)C.CC(C)(C)CCCc1c[nH]c2ccc(O)cc12.CC(C)(C)OCCc1ccc(O)c(O)c1.CC(C)C(=O)C(N)Cc1c[nH]c2ccc(O)cc12.CC(C)C(=O)CC(O)C[N+](C)(C)C.CC(C)C(=O)CCCC[C@@H]1SC[C@@H]2NC(=O)N[C@@H]21.CC(C)C(=O)CCCCn1c(=O)c2c(ncn2C)n(C)c1=O.CC(C)C(=O)c1ccc(N)cc1O.CCCNC(C)(C)C. The van der Waals surface area contributed by atoms with Gasteiger partial charge in [-0.1, -0.05) is 109 Å². The van der Waals surface area contributed by atoms with Gasteiger partial charge >= 0.3 is 17.7 Å². The van der Waals surface area contributed by atoms with Crippen LogP contribution in [-0.2, 0) is 73.4 Å². The highest BCUT2D eigenvalue weighted by molar-refractivity contribution is 8.00. The minimum atomic E-state index is -0.961. The van der Waals surface area contributed by atoms with Crippen molar-refractivity contribution < 1.29 is 83.3 Å². The van der Waals surface area contributed by atoms with Crippen molar-refractivity contribution in [1.29, 1.82) is 0 Å². The van der Waals surface area contributed by atoms with Gasteiger partial charge in [0.05, 0.1) is 75.8 Å². The summed E-state index contributed by atoms with van der Waals surface area (Å²) in [5, 5.41) is 79.8. The van der Waals surface area contributed by atoms with Gasteiger partial charge in [-0.05, 0) is 223 Å². The van der Waals surface area contributed by atoms with Gasteiger partial charge in [-0.3, -0.25) is 47.5 Å². The Morgan fingerprint density at radius 1 is 0.642 bits per heavy atom. The highest BCUT2D eigenvalue weighted by Crippen LogP contribution is 2.34. The van der Waals surface area contributed by atoms with E-state index in [1.54, 1.807) is 75.0 Å². The van der Waals surface area contributed by atoms with Crippen LogP contribution >= 0.6 is 11.8 Å². The standard InChI is InChI=1S/C15H22N4O3.C15H21NO.C14H18N2O2.C13H22N2O2S.C12H18O3.C10H13NO2.C10H22NO2.C9H17NO3.C7H17N/c1-10(2)11(20)7-5-6-8-19-14(21)12-13(16-9-17(12)3)18(4)15(19)22;1-15(2,3)8-4-5-11-10-16-14-7-6-12(17)9-13(11)14;1-8(2)14(18)12(15)5-9-7-16-13-4-3-10(17)6-11(9)13;1-8(2)10(16)5-3-4-6-11-12-9(7-18-11)14-13(17)15-12;1-12(2,3)15-7-6-9-4-5-10(13)11(14)8-9;1-6(2)10(13)8-4-3-7(11)5-9(8)12;1-8(2)10(13)6-9(12)7-11(3,4)5;1-6(11)7(5-8(12)13)10-9(2,3)4;1-5-6-8-7(2,3)4/h9-10H,5-8H2,1-4H3;6-7,9-10,16-17H,4-5,8H2,1-3H3;3-4,6-8,12,16-17H,5,15H2,1-2H3;8-9,11-12H,3-7H2,1-2H3,(H2,14,15,17);4-5,8,13-14H,6-7H2,1-3H3;3-6,12H,11H2,1-2H3;8-9,12H,6-7H2,1-5H3;7,10H,5H2,1-4H3,(H,12,13);8H,5-6H2,1-4H3/q;;;;;;+1;;/t;;;9-,11-,12-;;;;7-;/m...0...0./s1. The number of likely N-dealkylation sites (N-methyl/N-ethyl adjacent to an activating group) is 1. The van der Waals surface area contributed by atoms with Gasteiger partial charge in [0, 0.05) is 138 Å². The number of aliphatic hydroxyl groups is 1. The summed E-state index contributed by atoms with van der Waals surface area (Å²) >= 11 is 1.94. The van der Waals surface area contributed by atoms with Gasteiger partial charge in [0.15, 0.2) is 34.2 Å². The topological polar surface area (TPSA) is 481 Å². The Balaban J connectivity index is 0.000000527. The lowest BCUT2D eigenvalue weighted by atomic mass is 9.89. The van der Waals surface area contributed by atoms with Crippen LogP contribution in [0.25, 0.3) is 33.0 Å². The normalized spacial score (nSPS) is 14.7. The molecule has 768 valence electrons. The maximum absolute atomic E-state index is 12.4. The third-order valence-corrected chi connectivity index (χ3v) is 23.4. The number of hydrogen-bond acceptors (Lipinski definition) is 23. The number of nitrogens with zero attached hydrogens (tertiary/aromatic N) is 5. The first-order valence-electron chi connectivity index (χ1n) is 48.0. The number of thioether (sulfide) groups is 1. The summed E-state index contributed by atoms with van der Waals surface area (Å²) in [4.78, 5) is 125. The predicted octanol–water partition coefficient (Wildman–Crippen LogP) is 16.5. The molecule has 0 spiro atoms. The number of carboxylic acid groups (broad SMARTS) is 1. The first-order valence-corrected chi connectivity index (χ1v) is 49.1. The second-order valence-electron chi connectivity index (χ2n) is 42.4. The maximum atomic E-state index is 12.4. The molecule has 6 heterocycles. The van der Waals surface area contributed by atoms with Crippen LogP contribution in [0.1, 0.15) is 270 Å². The first kappa shape index (κ1) is 123. The van der Waals surface area contributed by atoms with E-state index in [-0.39, 0.29) is 123 Å². The molecule has 4 aromatic carbocycles. The highest BCUT2D eigenvalue weighted by atomic mass is 32.2. The number of nitrogens with two attached hydrogens (primary N) is 2. The van der Waals surface area contributed by atoms with Gasteiger partial charge in [0.25, 0.3) is 5.56 Å². The number of anilines is 1. The number of carbonyl (C=O) groups is 8. The van der Waals surface area contributed by atoms with E-state index in [0.29, 0.717) is 119 Å². The Morgan fingerprint density at radius 2 is 1.20 bits per heavy atom. The van der Waals surface area contributed by atoms with Crippen molar-refractivity contribution in [3.63, 3.8) is 0 Å². The number of rotatable bonds is 35. The van der Waals surface area contributed by atoms with Crippen molar-refractivity contribution in [3.8, 4) is 28.7 Å².